The van der Waals surface area contributed by atoms with Crippen LogP contribution in [0.25, 0.3) is 10.9 Å². The molecule has 1 unspecified atom stereocenters. The van der Waals surface area contributed by atoms with Crippen molar-refractivity contribution in [2.24, 2.45) is 5.92 Å². The molecule has 0 saturated carbocycles. The van der Waals surface area contributed by atoms with Crippen LogP contribution in [-0.4, -0.2) is 72.9 Å². The van der Waals surface area contributed by atoms with Crippen LogP contribution >= 0.6 is 0 Å². The number of carbonyl (C=O) groups is 2. The molecule has 1 aromatic heterocycles. The lowest BCUT2D eigenvalue weighted by atomic mass is 9.91. The number of hydrogen-bond donors (Lipinski definition) is 4. The second kappa shape index (κ2) is 21.9. The quantitative estimate of drug-likeness (QED) is 0.0449. The summed E-state index contributed by atoms with van der Waals surface area (Å²) in [6.07, 6.45) is 3.25. The minimum absolute atomic E-state index is 0.0421. The average Bonchev–Trinajstić information content (AvgIpc) is 3.29. The zero-order valence-corrected chi connectivity index (χ0v) is 35.3. The number of aromatic amines is 1. The number of rotatable bonds is 20. The third-order valence-electron chi connectivity index (χ3n) is 11.3. The molecule has 1 saturated heterocycles. The monoisotopic (exact) mass is 836 g/mol. The predicted octanol–water partition coefficient (Wildman–Crippen LogP) is 7.75. The van der Waals surface area contributed by atoms with E-state index in [0.717, 1.165) is 60.1 Å². The third-order valence-corrected chi connectivity index (χ3v) is 11.3. The minimum atomic E-state index is -0.582. The molecule has 11 heteroatoms. The van der Waals surface area contributed by atoms with E-state index in [1.54, 1.807) is 24.3 Å². The minimum Gasteiger partial charge on any atom is -0.506 e. The summed E-state index contributed by atoms with van der Waals surface area (Å²) in [4.78, 5) is 43.9. The number of likely N-dealkylation sites (tertiary alicyclic amines) is 1. The highest BCUT2D eigenvalue weighted by Gasteiger charge is 2.27. The van der Waals surface area contributed by atoms with Crippen LogP contribution in [0.1, 0.15) is 70.3 Å². The van der Waals surface area contributed by atoms with Gasteiger partial charge in [-0.1, -0.05) is 84.9 Å². The fourth-order valence-corrected chi connectivity index (χ4v) is 7.99. The Morgan fingerprint density at radius 1 is 0.823 bits per heavy atom. The highest BCUT2D eigenvalue weighted by atomic mass is 16.5. The summed E-state index contributed by atoms with van der Waals surface area (Å²) in [5, 5.41) is 17.4. The van der Waals surface area contributed by atoms with Crippen molar-refractivity contribution in [2.75, 3.05) is 46.0 Å². The third kappa shape index (κ3) is 11.9. The summed E-state index contributed by atoms with van der Waals surface area (Å²) in [5.41, 5.74) is 5.60. The van der Waals surface area contributed by atoms with Gasteiger partial charge in [-0.2, -0.15) is 0 Å². The van der Waals surface area contributed by atoms with Gasteiger partial charge in [0.05, 0.1) is 25.3 Å². The number of hydrogen-bond acceptors (Lipinski definition) is 9. The fraction of sp³-hybridized carbons (Fsp3) is 0.314. The molecule has 1 amide bonds. The molecule has 2 heterocycles. The largest absolute Gasteiger partial charge is 0.506 e. The molecule has 1 atom stereocenters. The van der Waals surface area contributed by atoms with Crippen LogP contribution in [0.3, 0.4) is 0 Å². The van der Waals surface area contributed by atoms with E-state index in [4.69, 9.17) is 14.2 Å². The van der Waals surface area contributed by atoms with Gasteiger partial charge < -0.3 is 34.9 Å². The number of phenolic OH excluding ortho intramolecular Hbond substituents is 1. The molecular formula is C51H56N4O7. The van der Waals surface area contributed by atoms with Crippen molar-refractivity contribution in [2.45, 2.75) is 51.6 Å². The number of carbonyl (C=O) groups excluding carboxylic acids is 2. The number of piperidine rings is 1. The number of fused-ring (bicyclic) bond motifs is 1. The van der Waals surface area contributed by atoms with E-state index < -0.39 is 5.92 Å². The van der Waals surface area contributed by atoms with Gasteiger partial charge in [-0.15, -0.1) is 0 Å². The van der Waals surface area contributed by atoms with Crippen LogP contribution in [-0.2, 0) is 29.0 Å². The van der Waals surface area contributed by atoms with Crippen molar-refractivity contribution < 1.29 is 28.9 Å². The van der Waals surface area contributed by atoms with Gasteiger partial charge in [-0.05, 0) is 117 Å². The molecule has 0 bridgehead atoms. The van der Waals surface area contributed by atoms with Crippen LogP contribution in [0.4, 0.5) is 0 Å². The Labute approximate surface area is 363 Å². The Hall–Kier alpha value is -6.43. The summed E-state index contributed by atoms with van der Waals surface area (Å²) in [6, 6.07) is 40.0. The zero-order chi connectivity index (χ0) is 43.1. The van der Waals surface area contributed by atoms with Gasteiger partial charge in [0.1, 0.15) is 23.2 Å². The maximum absolute atomic E-state index is 13.8. The van der Waals surface area contributed by atoms with Gasteiger partial charge in [0.2, 0.25) is 5.56 Å². The first kappa shape index (κ1) is 43.7. The van der Waals surface area contributed by atoms with E-state index in [0.29, 0.717) is 80.8 Å². The molecule has 1 aliphatic rings. The number of benzene rings is 5. The Balaban J connectivity index is 0.865. The number of aromatic nitrogens is 1. The first-order valence-electron chi connectivity index (χ1n) is 21.6. The van der Waals surface area contributed by atoms with Crippen LogP contribution < -0.4 is 25.7 Å². The van der Waals surface area contributed by atoms with E-state index in [9.17, 15) is 19.5 Å². The highest BCUT2D eigenvalue weighted by molar-refractivity contribution is 5.94. The molecule has 0 spiro atoms. The van der Waals surface area contributed by atoms with Crippen molar-refractivity contribution in [3.8, 4) is 17.2 Å². The number of ether oxygens (including phenoxy) is 3. The van der Waals surface area contributed by atoms with Crippen molar-refractivity contribution in [3.63, 3.8) is 0 Å². The van der Waals surface area contributed by atoms with Gasteiger partial charge in [-0.3, -0.25) is 19.3 Å². The van der Waals surface area contributed by atoms with Crippen molar-refractivity contribution in [1.82, 2.24) is 20.5 Å². The molecule has 1 aliphatic heterocycles. The molecule has 11 nitrogen and oxygen atoms in total. The van der Waals surface area contributed by atoms with Crippen LogP contribution in [0.2, 0.25) is 0 Å². The van der Waals surface area contributed by atoms with Gasteiger partial charge in [-0.25, -0.2) is 0 Å². The molecule has 4 N–H and O–H groups in total. The topological polar surface area (TPSA) is 142 Å². The molecular weight excluding hydrogens is 781 g/mol. The molecule has 0 aliphatic carbocycles. The standard InChI is InChI=1S/C51H56N4O7/c1-2-60-46-32-41(17-18-42(46)33-52-27-23-38-19-21-45(56)49-44(38)20-22-47(57)54-49)50(58)53-26-10-30-61-43-16-9-15-40(31-43)48(39-13-7-4-8-14-39)51(59)62-35-37-24-28-55(29-25-37)34-36-11-5-3-6-12-36/h3-9,11-22,31-32,37,48,52,56H,2,10,23-30,33-35H2,1H3,(H,53,58)(H,54,57). The summed E-state index contributed by atoms with van der Waals surface area (Å²) in [5.74, 6) is 0.610. The van der Waals surface area contributed by atoms with Crippen molar-refractivity contribution in [1.29, 1.82) is 0 Å². The number of nitrogens with zero attached hydrogens (tertiary/aromatic N) is 1. The van der Waals surface area contributed by atoms with Crippen molar-refractivity contribution >= 4 is 22.8 Å². The number of nitrogens with one attached hydrogen (secondary N) is 3. The van der Waals surface area contributed by atoms with E-state index in [1.807, 2.05) is 79.7 Å². The van der Waals surface area contributed by atoms with E-state index >= 15 is 0 Å². The van der Waals surface area contributed by atoms with Gasteiger partial charge >= 0.3 is 5.97 Å². The van der Waals surface area contributed by atoms with Crippen LogP contribution in [0.5, 0.6) is 17.2 Å². The second-order valence-corrected chi connectivity index (χ2v) is 15.7. The summed E-state index contributed by atoms with van der Waals surface area (Å²) in [7, 11) is 0. The summed E-state index contributed by atoms with van der Waals surface area (Å²) in [6.45, 7) is 7.65. The van der Waals surface area contributed by atoms with Gasteiger partial charge in [0, 0.05) is 42.2 Å². The normalized spacial score (nSPS) is 13.7. The summed E-state index contributed by atoms with van der Waals surface area (Å²) < 4.78 is 18.1. The lowest BCUT2D eigenvalue weighted by molar-refractivity contribution is -0.146. The maximum atomic E-state index is 13.8. The Bertz CT molecular complexity index is 2450. The van der Waals surface area contributed by atoms with Gasteiger partial charge in [0.15, 0.2) is 0 Å². The number of aromatic hydroxyl groups is 1. The second-order valence-electron chi connectivity index (χ2n) is 15.7. The molecule has 0 radical (unpaired) electrons. The highest BCUT2D eigenvalue weighted by Crippen LogP contribution is 2.30. The molecule has 62 heavy (non-hydrogen) atoms. The lowest BCUT2D eigenvalue weighted by Crippen LogP contribution is -2.35. The molecule has 7 rings (SSSR count). The number of pyridine rings is 1. The molecule has 5 aromatic carbocycles. The zero-order valence-electron chi connectivity index (χ0n) is 35.3. The van der Waals surface area contributed by atoms with E-state index in [1.165, 1.54) is 11.6 Å². The average molecular weight is 837 g/mol. The molecule has 6 aromatic rings. The van der Waals surface area contributed by atoms with E-state index in [-0.39, 0.29) is 23.2 Å². The Morgan fingerprint density at radius 3 is 2.37 bits per heavy atom. The summed E-state index contributed by atoms with van der Waals surface area (Å²) >= 11 is 0. The van der Waals surface area contributed by atoms with E-state index in [2.05, 4.69) is 44.8 Å². The van der Waals surface area contributed by atoms with Crippen LogP contribution in [0.15, 0.2) is 132 Å². The van der Waals surface area contributed by atoms with Crippen molar-refractivity contribution in [3.05, 3.63) is 171 Å². The molecule has 322 valence electrons. The number of amides is 1. The molecule has 1 fully saturated rings. The SMILES string of the molecule is CCOc1cc(C(=O)NCCCOc2cccc(C(C(=O)OCC3CCN(Cc4ccccc4)CC3)c3ccccc3)c2)ccc1CNCCc1ccc(O)c2[nH]c(=O)ccc12. The van der Waals surface area contributed by atoms with Crippen LogP contribution in [0, 0.1) is 5.92 Å². The first-order valence-corrected chi connectivity index (χ1v) is 21.6. The Kier molecular flexibility index (Phi) is 15.4. The number of phenols is 1. The maximum Gasteiger partial charge on any atom is 0.317 e. The fourth-order valence-electron chi connectivity index (χ4n) is 7.99. The predicted molar refractivity (Wildman–Crippen MR) is 242 cm³/mol. The number of esters is 1. The van der Waals surface area contributed by atoms with Gasteiger partial charge in [0.25, 0.3) is 5.91 Å². The Morgan fingerprint density at radius 2 is 1.58 bits per heavy atom. The first-order chi connectivity index (χ1) is 30.3. The number of H-pyrrole nitrogens is 1. The lowest BCUT2D eigenvalue weighted by Gasteiger charge is -2.32. The smallest absolute Gasteiger partial charge is 0.317 e.